The van der Waals surface area contributed by atoms with E-state index in [1.165, 1.54) is 0 Å². The average molecular weight is 1070 g/mol. The Labute approximate surface area is 446 Å². The summed E-state index contributed by atoms with van der Waals surface area (Å²) in [5.41, 5.74) is -0.311. The molecule has 0 aromatic rings. The standard InChI is InChI=1S/C15H20O6.C15H22O4.2C14H20O4/c1-3-7(2)14(17)19-6-11(16)20-12-8-4-9-10(5-8)15(18)21-13(9)12;1-3-8(2)14(16)19-12-6-9-4-5-10(12)11-7-18-15(17)13(9)11;1-4-7(2)12(15)17-10-8-5-9-11(10)18-13(16)14(9,3)6-8;1-4-6(2)13(15)17-11-8-5-9-10(7(8)3)14(16)18-12(9)11/h7-10,12-13H,3-6H2,1-2H3;8-13H,3-7H2,1-2H3;7-11H,4-6H2,1-3H3;6-12H,4-5H2,1-3H3. The molecule has 18 heteroatoms. The molecule has 25 unspecified atom stereocenters. The quantitative estimate of drug-likeness (QED) is 0.127. The number of rotatable bonds is 14. The van der Waals surface area contributed by atoms with Crippen molar-refractivity contribution >= 4 is 53.7 Å². The van der Waals surface area contributed by atoms with Gasteiger partial charge in [0.15, 0.2) is 6.61 Å². The van der Waals surface area contributed by atoms with Crippen molar-refractivity contribution in [3.8, 4) is 0 Å². The van der Waals surface area contributed by atoms with Gasteiger partial charge < -0.3 is 42.6 Å². The lowest BCUT2D eigenvalue weighted by atomic mass is 9.58. The fourth-order valence-corrected chi connectivity index (χ4v) is 15.5. The van der Waals surface area contributed by atoms with Gasteiger partial charge in [-0.15, -0.1) is 0 Å². The molecule has 13 aliphatic rings. The Morgan fingerprint density at radius 1 is 0.553 bits per heavy atom. The van der Waals surface area contributed by atoms with Gasteiger partial charge in [0.25, 0.3) is 0 Å². The minimum absolute atomic E-state index is 0.00168. The lowest BCUT2D eigenvalue weighted by molar-refractivity contribution is -0.170. The topological polar surface area (TPSA) is 237 Å². The highest BCUT2D eigenvalue weighted by Crippen LogP contribution is 2.63. The molecule has 422 valence electrons. The summed E-state index contributed by atoms with van der Waals surface area (Å²) in [5, 5.41) is 0. The lowest BCUT2D eigenvalue weighted by Crippen LogP contribution is -2.49. The fraction of sp³-hybridized carbons (Fsp3) is 0.845. The van der Waals surface area contributed by atoms with Gasteiger partial charge in [-0.25, -0.2) is 4.79 Å². The van der Waals surface area contributed by atoms with Crippen molar-refractivity contribution < 1.29 is 85.8 Å². The highest BCUT2D eigenvalue weighted by atomic mass is 16.6. The van der Waals surface area contributed by atoms with Gasteiger partial charge in [-0.3, -0.25) is 38.4 Å². The van der Waals surface area contributed by atoms with Crippen LogP contribution in [-0.2, 0) is 85.8 Å². The maximum Gasteiger partial charge on any atom is 0.344 e. The van der Waals surface area contributed by atoms with Crippen LogP contribution in [0.3, 0.4) is 0 Å². The van der Waals surface area contributed by atoms with Crippen LogP contribution in [-0.4, -0.2) is 110 Å². The summed E-state index contributed by atoms with van der Waals surface area (Å²) in [6, 6.07) is 0. The maximum absolute atomic E-state index is 12.0. The van der Waals surface area contributed by atoms with Crippen molar-refractivity contribution in [3.63, 3.8) is 0 Å². The van der Waals surface area contributed by atoms with Crippen LogP contribution in [0.15, 0.2) is 0 Å². The van der Waals surface area contributed by atoms with Crippen LogP contribution in [0.1, 0.15) is 146 Å². The fourth-order valence-electron chi connectivity index (χ4n) is 15.5. The summed E-state index contributed by atoms with van der Waals surface area (Å²) in [4.78, 5) is 106. The molecule has 8 bridgehead atoms. The van der Waals surface area contributed by atoms with Crippen molar-refractivity contribution in [1.82, 2.24) is 0 Å². The molecule has 4 heterocycles. The van der Waals surface area contributed by atoms with Gasteiger partial charge in [0.1, 0.15) is 42.7 Å². The molecule has 0 spiro atoms. The number of hydrogen-bond donors (Lipinski definition) is 0. The monoisotopic (exact) mass is 1070 g/mol. The van der Waals surface area contributed by atoms with Gasteiger partial charge in [-0.05, 0) is 95.8 Å². The smallest absolute Gasteiger partial charge is 0.344 e. The molecule has 13 fully saturated rings. The zero-order chi connectivity index (χ0) is 54.8. The second kappa shape index (κ2) is 22.2. The second-order valence-electron chi connectivity index (χ2n) is 25.0. The first kappa shape index (κ1) is 56.0. The van der Waals surface area contributed by atoms with Gasteiger partial charge in [0.05, 0.1) is 53.4 Å². The SMILES string of the molecule is CCC(C)C(=O)OC1C2CC3C1OC(=O)C3(C)C2.CCC(C)C(=O)OC1C2CC3C1OC(=O)C3C2C.CCC(C)C(=O)OC1CC2CCC1C1COC(=O)C21.CCC(C)C(=O)OCC(=O)OC1C2CC3C(=O)OC1C3C2. The number of carbonyl (C=O) groups excluding carboxylic acids is 9. The first-order valence-electron chi connectivity index (χ1n) is 28.9. The van der Waals surface area contributed by atoms with Crippen molar-refractivity contribution in [3.05, 3.63) is 0 Å². The Morgan fingerprint density at radius 3 is 1.80 bits per heavy atom. The molecule has 9 aliphatic carbocycles. The van der Waals surface area contributed by atoms with E-state index in [-0.39, 0.29) is 173 Å². The van der Waals surface area contributed by atoms with E-state index in [2.05, 4.69) is 6.92 Å². The summed E-state index contributed by atoms with van der Waals surface area (Å²) in [6.45, 7) is 19.5. The average Bonchev–Trinajstić information content (AvgIpc) is 4.39. The molecule has 0 radical (unpaired) electrons. The van der Waals surface area contributed by atoms with E-state index in [1.54, 1.807) is 6.92 Å². The molecule has 0 amide bonds. The largest absolute Gasteiger partial charge is 0.465 e. The number of ether oxygens (including phenoxy) is 9. The van der Waals surface area contributed by atoms with E-state index in [1.807, 2.05) is 55.4 Å². The Balaban J connectivity index is 0.000000124. The number of fused-ring (bicyclic) bond motifs is 5. The van der Waals surface area contributed by atoms with E-state index < -0.39 is 11.9 Å². The molecular formula is C58H82O18. The van der Waals surface area contributed by atoms with Gasteiger partial charge >= 0.3 is 53.7 Å². The van der Waals surface area contributed by atoms with Crippen LogP contribution in [0.2, 0.25) is 0 Å². The number of cyclic esters (lactones) is 1. The number of hydrogen-bond acceptors (Lipinski definition) is 18. The zero-order valence-electron chi connectivity index (χ0n) is 46.1. The molecule has 4 aliphatic heterocycles. The van der Waals surface area contributed by atoms with Crippen molar-refractivity contribution in [1.29, 1.82) is 0 Å². The molecule has 0 aromatic carbocycles. The van der Waals surface area contributed by atoms with E-state index in [9.17, 15) is 43.2 Å². The summed E-state index contributed by atoms with van der Waals surface area (Å²) in [6.07, 6.45) is 9.00. The van der Waals surface area contributed by atoms with Gasteiger partial charge in [-0.2, -0.15) is 0 Å². The predicted octanol–water partition coefficient (Wildman–Crippen LogP) is 6.92. The maximum atomic E-state index is 12.0. The molecule has 0 N–H and O–H groups in total. The van der Waals surface area contributed by atoms with Crippen LogP contribution in [0.5, 0.6) is 0 Å². The highest BCUT2D eigenvalue weighted by molar-refractivity contribution is 5.82. The molecule has 0 aromatic heterocycles. The van der Waals surface area contributed by atoms with Crippen LogP contribution in [0.4, 0.5) is 0 Å². The van der Waals surface area contributed by atoms with Crippen LogP contribution >= 0.6 is 0 Å². The van der Waals surface area contributed by atoms with Crippen molar-refractivity contribution in [2.45, 2.75) is 189 Å². The molecule has 25 atom stereocenters. The highest BCUT2D eigenvalue weighted by Gasteiger charge is 2.70. The Hall–Kier alpha value is -4.77. The first-order chi connectivity index (χ1) is 36.1. The minimum Gasteiger partial charge on any atom is -0.465 e. The normalized spacial score (nSPS) is 42.5. The summed E-state index contributed by atoms with van der Waals surface area (Å²) in [7, 11) is 0. The van der Waals surface area contributed by atoms with Crippen LogP contribution in [0, 0.1) is 106 Å². The van der Waals surface area contributed by atoms with Crippen LogP contribution < -0.4 is 0 Å². The minimum atomic E-state index is -0.566. The molecular weight excluding hydrogens is 985 g/mol. The zero-order valence-corrected chi connectivity index (χ0v) is 46.1. The molecule has 9 saturated carbocycles. The van der Waals surface area contributed by atoms with Crippen molar-refractivity contribution in [2.24, 2.45) is 106 Å². The third-order valence-electron chi connectivity index (χ3n) is 20.8. The molecule has 76 heavy (non-hydrogen) atoms. The Kier molecular flexibility index (Phi) is 16.3. The number of esters is 9. The van der Waals surface area contributed by atoms with Gasteiger partial charge in [0.2, 0.25) is 0 Å². The Morgan fingerprint density at radius 2 is 1.14 bits per heavy atom. The van der Waals surface area contributed by atoms with Gasteiger partial charge in [-0.1, -0.05) is 62.3 Å². The third kappa shape index (κ3) is 10.0. The van der Waals surface area contributed by atoms with E-state index in [4.69, 9.17) is 42.6 Å². The van der Waals surface area contributed by atoms with E-state index in [0.29, 0.717) is 36.7 Å². The predicted molar refractivity (Wildman–Crippen MR) is 265 cm³/mol. The molecule has 18 nitrogen and oxygen atoms in total. The van der Waals surface area contributed by atoms with Gasteiger partial charge in [0, 0.05) is 47.3 Å². The van der Waals surface area contributed by atoms with E-state index in [0.717, 1.165) is 70.6 Å². The lowest BCUT2D eigenvalue weighted by Gasteiger charge is -2.47. The third-order valence-corrected chi connectivity index (χ3v) is 20.8. The molecule has 13 rings (SSSR count). The van der Waals surface area contributed by atoms with Crippen LogP contribution in [0.25, 0.3) is 0 Å². The molecule has 4 saturated heterocycles. The first-order valence-corrected chi connectivity index (χ1v) is 28.9. The van der Waals surface area contributed by atoms with Crippen molar-refractivity contribution in [2.75, 3.05) is 13.2 Å². The van der Waals surface area contributed by atoms with E-state index >= 15 is 0 Å². The summed E-state index contributed by atoms with van der Waals surface area (Å²) in [5.74, 6) is 0.842. The second-order valence-corrected chi connectivity index (χ2v) is 25.0. The number of carbonyl (C=O) groups is 9. The summed E-state index contributed by atoms with van der Waals surface area (Å²) < 4.78 is 48.7. The Bertz CT molecular complexity index is 2280. The summed E-state index contributed by atoms with van der Waals surface area (Å²) >= 11 is 0.